The van der Waals surface area contributed by atoms with Crippen LogP contribution in [0.4, 0.5) is 0 Å². The van der Waals surface area contributed by atoms with Crippen LogP contribution in [-0.4, -0.2) is 36.6 Å². The van der Waals surface area contributed by atoms with E-state index in [0.29, 0.717) is 23.1 Å². The van der Waals surface area contributed by atoms with Gasteiger partial charge in [0.1, 0.15) is 6.10 Å². The number of nitrogens with two attached hydrogens (primary N) is 1. The van der Waals surface area contributed by atoms with Crippen LogP contribution in [0.15, 0.2) is 18.2 Å². The predicted octanol–water partition coefficient (Wildman–Crippen LogP) is 2.46. The van der Waals surface area contributed by atoms with E-state index in [0.717, 1.165) is 18.4 Å². The average Bonchev–Trinajstić information content (AvgIpc) is 2.85. The molecule has 20 heavy (non-hydrogen) atoms. The van der Waals surface area contributed by atoms with E-state index in [2.05, 4.69) is 0 Å². The van der Waals surface area contributed by atoms with Gasteiger partial charge in [-0.3, -0.25) is 4.79 Å². The third-order valence-electron chi connectivity index (χ3n) is 3.36. The first-order valence-corrected chi connectivity index (χ1v) is 7.30. The molecule has 2 unspecified atom stereocenters. The second-order valence-electron chi connectivity index (χ2n) is 5.03. The molecular formula is C14H18Cl2N2O2. The molecule has 1 aliphatic heterocycles. The highest BCUT2D eigenvalue weighted by Crippen LogP contribution is 2.23. The van der Waals surface area contributed by atoms with Gasteiger partial charge in [-0.05, 0) is 36.6 Å². The van der Waals surface area contributed by atoms with Crippen LogP contribution in [0.25, 0.3) is 0 Å². The molecule has 0 spiro atoms. The van der Waals surface area contributed by atoms with Crippen LogP contribution in [-0.2, 0) is 16.1 Å². The Balaban J connectivity index is 1.97. The summed E-state index contributed by atoms with van der Waals surface area (Å²) in [6, 6.07) is 5.27. The monoisotopic (exact) mass is 316 g/mol. The van der Waals surface area contributed by atoms with Gasteiger partial charge < -0.3 is 15.4 Å². The summed E-state index contributed by atoms with van der Waals surface area (Å²) in [5, 5.41) is 1.13. The first kappa shape index (κ1) is 15.6. The van der Waals surface area contributed by atoms with E-state index in [1.165, 1.54) is 0 Å². The fourth-order valence-corrected chi connectivity index (χ4v) is 2.93. The average molecular weight is 317 g/mol. The van der Waals surface area contributed by atoms with E-state index in [1.54, 1.807) is 30.1 Å². The lowest BCUT2D eigenvalue weighted by Crippen LogP contribution is -2.36. The largest absolute Gasteiger partial charge is 0.364 e. The normalized spacial score (nSPS) is 22.0. The molecule has 0 radical (unpaired) electrons. The molecule has 0 aromatic heterocycles. The van der Waals surface area contributed by atoms with Crippen molar-refractivity contribution in [3.8, 4) is 0 Å². The van der Waals surface area contributed by atoms with Crippen LogP contribution >= 0.6 is 23.2 Å². The summed E-state index contributed by atoms with van der Waals surface area (Å²) < 4.78 is 5.61. The van der Waals surface area contributed by atoms with Crippen molar-refractivity contribution >= 4 is 29.1 Å². The van der Waals surface area contributed by atoms with Crippen molar-refractivity contribution in [3.05, 3.63) is 33.8 Å². The van der Waals surface area contributed by atoms with E-state index in [-0.39, 0.29) is 18.1 Å². The highest BCUT2D eigenvalue weighted by atomic mass is 35.5. The number of carbonyl (C=O) groups excluding carboxylic acids is 1. The van der Waals surface area contributed by atoms with Gasteiger partial charge in [-0.1, -0.05) is 23.2 Å². The Morgan fingerprint density at radius 3 is 2.55 bits per heavy atom. The molecule has 1 saturated heterocycles. The fraction of sp³-hybridized carbons (Fsp3) is 0.500. The summed E-state index contributed by atoms with van der Waals surface area (Å²) in [7, 11) is 1.75. The number of carbonyl (C=O) groups is 1. The molecule has 2 N–H and O–H groups in total. The second kappa shape index (κ2) is 6.76. The van der Waals surface area contributed by atoms with Crippen LogP contribution in [0.5, 0.6) is 0 Å². The summed E-state index contributed by atoms with van der Waals surface area (Å²) in [5.41, 5.74) is 6.45. The standard InChI is InChI=1S/C14H18Cl2N2O2/c1-18(8-9-4-10(15)6-11(16)5-9)14(19)13-3-2-12(7-17)20-13/h4-6,12-13H,2-3,7-8,17H2,1H3. The quantitative estimate of drug-likeness (QED) is 0.928. The van der Waals surface area contributed by atoms with Crippen molar-refractivity contribution in [2.45, 2.75) is 31.6 Å². The highest BCUT2D eigenvalue weighted by Gasteiger charge is 2.31. The topological polar surface area (TPSA) is 55.6 Å². The fourth-order valence-electron chi connectivity index (χ4n) is 2.36. The van der Waals surface area contributed by atoms with Crippen molar-refractivity contribution < 1.29 is 9.53 Å². The molecule has 6 heteroatoms. The molecule has 0 bridgehead atoms. The molecule has 2 rings (SSSR count). The molecule has 1 amide bonds. The first-order valence-electron chi connectivity index (χ1n) is 6.55. The van der Waals surface area contributed by atoms with Gasteiger partial charge in [0, 0.05) is 30.2 Å². The summed E-state index contributed by atoms with van der Waals surface area (Å²) >= 11 is 11.9. The predicted molar refractivity (Wildman–Crippen MR) is 79.9 cm³/mol. The summed E-state index contributed by atoms with van der Waals surface area (Å²) in [5.74, 6) is -0.0305. The Kier molecular flexibility index (Phi) is 5.27. The number of ether oxygens (including phenoxy) is 1. The zero-order chi connectivity index (χ0) is 14.7. The third-order valence-corrected chi connectivity index (χ3v) is 3.80. The Labute approximate surface area is 128 Å². The molecular weight excluding hydrogens is 299 g/mol. The van der Waals surface area contributed by atoms with Crippen molar-refractivity contribution in [3.63, 3.8) is 0 Å². The van der Waals surface area contributed by atoms with Crippen molar-refractivity contribution in [2.75, 3.05) is 13.6 Å². The minimum atomic E-state index is -0.386. The Morgan fingerprint density at radius 2 is 2.00 bits per heavy atom. The van der Waals surface area contributed by atoms with E-state index >= 15 is 0 Å². The van der Waals surface area contributed by atoms with E-state index in [1.807, 2.05) is 0 Å². The second-order valence-corrected chi connectivity index (χ2v) is 5.90. The summed E-state index contributed by atoms with van der Waals surface area (Å²) in [6.45, 7) is 0.906. The summed E-state index contributed by atoms with van der Waals surface area (Å²) in [6.07, 6.45) is 1.17. The van der Waals surface area contributed by atoms with E-state index in [9.17, 15) is 4.79 Å². The van der Waals surface area contributed by atoms with Crippen LogP contribution < -0.4 is 5.73 Å². The lowest BCUT2D eigenvalue weighted by atomic mass is 10.1. The number of hydrogen-bond donors (Lipinski definition) is 1. The lowest BCUT2D eigenvalue weighted by Gasteiger charge is -2.21. The number of rotatable bonds is 4. The Morgan fingerprint density at radius 1 is 1.35 bits per heavy atom. The van der Waals surface area contributed by atoms with Gasteiger partial charge in [-0.25, -0.2) is 0 Å². The maximum Gasteiger partial charge on any atom is 0.251 e. The number of nitrogens with zero attached hydrogens (tertiary/aromatic N) is 1. The SMILES string of the molecule is CN(Cc1cc(Cl)cc(Cl)c1)C(=O)C1CCC(CN)O1. The maximum absolute atomic E-state index is 12.3. The van der Waals surface area contributed by atoms with E-state index < -0.39 is 0 Å². The third kappa shape index (κ3) is 3.85. The molecule has 1 fully saturated rings. The van der Waals surface area contributed by atoms with Gasteiger partial charge in [0.15, 0.2) is 0 Å². The molecule has 0 saturated carbocycles. The lowest BCUT2D eigenvalue weighted by molar-refractivity contribution is -0.141. The zero-order valence-electron chi connectivity index (χ0n) is 11.3. The Bertz CT molecular complexity index is 476. The molecule has 0 aliphatic carbocycles. The minimum absolute atomic E-state index is 0.00189. The number of halogens is 2. The van der Waals surface area contributed by atoms with Crippen molar-refractivity contribution in [1.82, 2.24) is 4.90 Å². The number of hydrogen-bond acceptors (Lipinski definition) is 3. The molecule has 1 aromatic carbocycles. The highest BCUT2D eigenvalue weighted by molar-refractivity contribution is 6.34. The Hall–Kier alpha value is -0.810. The number of amides is 1. The summed E-state index contributed by atoms with van der Waals surface area (Å²) in [4.78, 5) is 13.9. The van der Waals surface area contributed by atoms with Crippen LogP contribution in [0.2, 0.25) is 10.0 Å². The molecule has 1 aromatic rings. The molecule has 2 atom stereocenters. The molecule has 1 heterocycles. The molecule has 1 aliphatic rings. The van der Waals surface area contributed by atoms with Crippen LogP contribution in [0, 0.1) is 0 Å². The van der Waals surface area contributed by atoms with Gasteiger partial charge in [0.2, 0.25) is 0 Å². The molecule has 4 nitrogen and oxygen atoms in total. The zero-order valence-corrected chi connectivity index (χ0v) is 12.8. The van der Waals surface area contributed by atoms with Gasteiger partial charge in [-0.2, -0.15) is 0 Å². The van der Waals surface area contributed by atoms with Crippen LogP contribution in [0.3, 0.4) is 0 Å². The van der Waals surface area contributed by atoms with Crippen LogP contribution in [0.1, 0.15) is 18.4 Å². The van der Waals surface area contributed by atoms with Gasteiger partial charge in [0.05, 0.1) is 6.10 Å². The number of benzene rings is 1. The van der Waals surface area contributed by atoms with Gasteiger partial charge in [0.25, 0.3) is 5.91 Å². The molecule has 110 valence electrons. The van der Waals surface area contributed by atoms with Crippen molar-refractivity contribution in [1.29, 1.82) is 0 Å². The number of likely N-dealkylation sites (N-methyl/N-ethyl adjacent to an activating group) is 1. The smallest absolute Gasteiger partial charge is 0.251 e. The van der Waals surface area contributed by atoms with Gasteiger partial charge in [-0.15, -0.1) is 0 Å². The van der Waals surface area contributed by atoms with E-state index in [4.69, 9.17) is 33.7 Å². The minimum Gasteiger partial charge on any atom is -0.364 e. The van der Waals surface area contributed by atoms with Gasteiger partial charge >= 0.3 is 0 Å². The van der Waals surface area contributed by atoms with Crippen molar-refractivity contribution in [2.24, 2.45) is 5.73 Å². The first-order chi connectivity index (χ1) is 9.49. The maximum atomic E-state index is 12.3.